The first kappa shape index (κ1) is 5.29. The van der Waals surface area contributed by atoms with Gasteiger partial charge in [-0.1, -0.05) is 18.2 Å². The van der Waals surface area contributed by atoms with E-state index >= 15 is 0 Å². The van der Waals surface area contributed by atoms with Gasteiger partial charge in [0.2, 0.25) is 6.29 Å². The highest BCUT2D eigenvalue weighted by Crippen LogP contribution is 2.07. The minimum absolute atomic E-state index is 0.785. The first-order chi connectivity index (χ1) is 3.93. The molecule has 1 heteroatoms. The molecule has 0 N–H and O–H groups in total. The molecule has 0 bridgehead atoms. The molecule has 1 radical (unpaired) electrons. The van der Waals surface area contributed by atoms with Crippen LogP contribution in [0.15, 0.2) is 23.8 Å². The molecule has 0 amide bonds. The molecular weight excluding hydrogens is 100 g/mol. The molecule has 0 aromatic rings. The van der Waals surface area contributed by atoms with E-state index in [4.69, 9.17) is 0 Å². The zero-order valence-corrected chi connectivity index (χ0v) is 4.55. The van der Waals surface area contributed by atoms with Crippen molar-refractivity contribution >= 4 is 6.29 Å². The topological polar surface area (TPSA) is 17.1 Å². The van der Waals surface area contributed by atoms with Crippen molar-refractivity contribution in [3.63, 3.8) is 0 Å². The Kier molecular flexibility index (Phi) is 1.62. The van der Waals surface area contributed by atoms with Crippen molar-refractivity contribution in [1.82, 2.24) is 0 Å². The van der Waals surface area contributed by atoms with Crippen LogP contribution in [0.1, 0.15) is 12.8 Å². The minimum atomic E-state index is 0.785. The molecule has 0 saturated heterocycles. The summed E-state index contributed by atoms with van der Waals surface area (Å²) in [7, 11) is 0. The summed E-state index contributed by atoms with van der Waals surface area (Å²) in [6.07, 6.45) is 9.45. The van der Waals surface area contributed by atoms with Crippen LogP contribution < -0.4 is 0 Å². The Balaban J connectivity index is 2.63. The Morgan fingerprint density at radius 2 is 2.50 bits per heavy atom. The van der Waals surface area contributed by atoms with Crippen LogP contribution in [-0.4, -0.2) is 6.29 Å². The number of allylic oxidation sites excluding steroid dienone is 4. The second kappa shape index (κ2) is 2.46. The molecule has 0 spiro atoms. The molecule has 0 aliphatic heterocycles. The maximum absolute atomic E-state index is 9.93. The molecule has 0 atom stereocenters. The summed E-state index contributed by atoms with van der Waals surface area (Å²) in [6, 6.07) is 0. The Bertz CT molecular complexity index is 142. The zero-order valence-electron chi connectivity index (χ0n) is 4.55. The highest BCUT2D eigenvalue weighted by Gasteiger charge is 1.95. The van der Waals surface area contributed by atoms with E-state index in [1.54, 1.807) is 6.08 Å². The summed E-state index contributed by atoms with van der Waals surface area (Å²) >= 11 is 0. The highest BCUT2D eigenvalue weighted by atomic mass is 16.1. The molecular formula is C7H7O. The average Bonchev–Trinajstić information content (AvgIpc) is 1.90. The van der Waals surface area contributed by atoms with Gasteiger partial charge in [0.1, 0.15) is 0 Å². The first-order valence-corrected chi connectivity index (χ1v) is 2.67. The second-order valence-electron chi connectivity index (χ2n) is 1.76. The van der Waals surface area contributed by atoms with E-state index in [2.05, 4.69) is 0 Å². The minimum Gasteiger partial charge on any atom is -0.285 e. The van der Waals surface area contributed by atoms with Gasteiger partial charge in [-0.3, -0.25) is 4.79 Å². The van der Waals surface area contributed by atoms with Crippen LogP contribution in [0.25, 0.3) is 0 Å². The number of hydrogen-bond acceptors (Lipinski definition) is 1. The SMILES string of the molecule is O=[C]C1=CC=CCC1. The first-order valence-electron chi connectivity index (χ1n) is 2.67. The highest BCUT2D eigenvalue weighted by molar-refractivity contribution is 5.74. The van der Waals surface area contributed by atoms with Crippen molar-refractivity contribution in [2.24, 2.45) is 0 Å². The molecule has 0 aromatic heterocycles. The summed E-state index contributed by atoms with van der Waals surface area (Å²) < 4.78 is 0. The van der Waals surface area contributed by atoms with E-state index in [9.17, 15) is 4.79 Å². The molecule has 1 rings (SSSR count). The van der Waals surface area contributed by atoms with E-state index in [1.807, 2.05) is 18.4 Å². The van der Waals surface area contributed by atoms with Crippen LogP contribution in [0.5, 0.6) is 0 Å². The molecule has 41 valence electrons. The van der Waals surface area contributed by atoms with Gasteiger partial charge in [-0.15, -0.1) is 0 Å². The quantitative estimate of drug-likeness (QED) is 0.494. The summed E-state index contributed by atoms with van der Waals surface area (Å²) in [5.41, 5.74) is 0.785. The monoisotopic (exact) mass is 107 g/mol. The fourth-order valence-corrected chi connectivity index (χ4v) is 0.688. The van der Waals surface area contributed by atoms with Gasteiger partial charge in [0.25, 0.3) is 0 Å². The van der Waals surface area contributed by atoms with E-state index in [1.165, 1.54) is 0 Å². The maximum atomic E-state index is 9.93. The predicted molar refractivity (Wildman–Crippen MR) is 32.2 cm³/mol. The van der Waals surface area contributed by atoms with Crippen molar-refractivity contribution < 1.29 is 4.79 Å². The van der Waals surface area contributed by atoms with Gasteiger partial charge in [0.05, 0.1) is 0 Å². The van der Waals surface area contributed by atoms with Gasteiger partial charge >= 0.3 is 0 Å². The molecule has 0 heterocycles. The molecule has 0 unspecified atom stereocenters. The molecule has 0 fully saturated rings. The molecule has 1 aliphatic rings. The molecule has 1 nitrogen and oxygen atoms in total. The molecule has 8 heavy (non-hydrogen) atoms. The van der Waals surface area contributed by atoms with E-state index in [-0.39, 0.29) is 0 Å². The number of hydrogen-bond donors (Lipinski definition) is 0. The largest absolute Gasteiger partial charge is 0.285 e. The Morgan fingerprint density at radius 1 is 1.62 bits per heavy atom. The fourth-order valence-electron chi connectivity index (χ4n) is 0.688. The zero-order chi connectivity index (χ0) is 5.82. The molecule has 1 aliphatic carbocycles. The van der Waals surface area contributed by atoms with Gasteiger partial charge in [-0.25, -0.2) is 0 Å². The van der Waals surface area contributed by atoms with Crippen molar-refractivity contribution in [3.05, 3.63) is 23.8 Å². The van der Waals surface area contributed by atoms with Gasteiger partial charge in [0, 0.05) is 5.57 Å². The Labute approximate surface area is 48.7 Å². The van der Waals surface area contributed by atoms with Gasteiger partial charge in [-0.05, 0) is 12.8 Å². The van der Waals surface area contributed by atoms with Crippen molar-refractivity contribution in [2.45, 2.75) is 12.8 Å². The lowest BCUT2D eigenvalue weighted by Gasteiger charge is -1.96. The van der Waals surface area contributed by atoms with Crippen LogP contribution in [0.3, 0.4) is 0 Å². The van der Waals surface area contributed by atoms with Crippen LogP contribution in [0.2, 0.25) is 0 Å². The summed E-state index contributed by atoms with van der Waals surface area (Å²) in [5.74, 6) is 0. The van der Waals surface area contributed by atoms with Crippen molar-refractivity contribution in [2.75, 3.05) is 0 Å². The lowest BCUT2D eigenvalue weighted by atomic mass is 10.1. The normalized spacial score (nSPS) is 17.8. The Hall–Kier alpha value is -0.850. The Morgan fingerprint density at radius 3 is 2.88 bits per heavy atom. The lowest BCUT2D eigenvalue weighted by Crippen LogP contribution is -1.86. The molecule has 0 saturated carbocycles. The third-order valence-corrected chi connectivity index (χ3v) is 1.14. The van der Waals surface area contributed by atoms with Gasteiger partial charge < -0.3 is 0 Å². The smallest absolute Gasteiger partial charge is 0.229 e. The summed E-state index contributed by atoms with van der Waals surface area (Å²) in [6.45, 7) is 0. The summed E-state index contributed by atoms with van der Waals surface area (Å²) in [5, 5.41) is 0. The van der Waals surface area contributed by atoms with Crippen LogP contribution in [0, 0.1) is 0 Å². The number of carbonyl (C=O) groups excluding carboxylic acids is 1. The lowest BCUT2D eigenvalue weighted by molar-refractivity contribution is 0.560. The maximum Gasteiger partial charge on any atom is 0.229 e. The third-order valence-electron chi connectivity index (χ3n) is 1.14. The standard InChI is InChI=1S/C7H7O/c8-6-7-4-2-1-3-5-7/h1-2,4H,3,5H2. The van der Waals surface area contributed by atoms with E-state index in [0.717, 1.165) is 18.4 Å². The summed E-state index contributed by atoms with van der Waals surface area (Å²) in [4.78, 5) is 9.93. The van der Waals surface area contributed by atoms with Crippen molar-refractivity contribution in [1.29, 1.82) is 0 Å². The number of rotatable bonds is 1. The van der Waals surface area contributed by atoms with E-state index < -0.39 is 0 Å². The predicted octanol–water partition coefficient (Wildman–Crippen LogP) is 1.37. The average molecular weight is 107 g/mol. The fraction of sp³-hybridized carbons (Fsp3) is 0.286. The van der Waals surface area contributed by atoms with Crippen LogP contribution >= 0.6 is 0 Å². The van der Waals surface area contributed by atoms with Crippen LogP contribution in [-0.2, 0) is 4.79 Å². The third kappa shape index (κ3) is 1.06. The van der Waals surface area contributed by atoms with Crippen molar-refractivity contribution in [3.8, 4) is 0 Å². The van der Waals surface area contributed by atoms with Gasteiger partial charge in [0.15, 0.2) is 0 Å². The van der Waals surface area contributed by atoms with Gasteiger partial charge in [-0.2, -0.15) is 0 Å². The molecule has 0 aromatic carbocycles. The van der Waals surface area contributed by atoms with Crippen LogP contribution in [0.4, 0.5) is 0 Å². The second-order valence-corrected chi connectivity index (χ2v) is 1.76. The van der Waals surface area contributed by atoms with E-state index in [0.29, 0.717) is 0 Å².